The van der Waals surface area contributed by atoms with Crippen molar-refractivity contribution in [2.75, 3.05) is 17.1 Å². The molecule has 2 rings (SSSR count). The lowest BCUT2D eigenvalue weighted by Gasteiger charge is -2.23. The maximum atomic E-state index is 12.1. The Kier molecular flexibility index (Phi) is 5.99. The van der Waals surface area contributed by atoms with E-state index in [4.69, 9.17) is 0 Å². The van der Waals surface area contributed by atoms with Crippen molar-refractivity contribution >= 4 is 27.8 Å². The quantitative estimate of drug-likeness (QED) is 0.595. The summed E-state index contributed by atoms with van der Waals surface area (Å²) in [6.45, 7) is 3.29. The summed E-state index contributed by atoms with van der Waals surface area (Å²) in [5.74, 6) is -0.569. The Morgan fingerprint density at radius 2 is 1.92 bits per heavy atom. The number of anilines is 1. The molecule has 0 radical (unpaired) electrons. The fourth-order valence-electron chi connectivity index (χ4n) is 2.40. The van der Waals surface area contributed by atoms with Gasteiger partial charge in [0.15, 0.2) is 0 Å². The number of aryl methyl sites for hydroxylation is 2. The van der Waals surface area contributed by atoms with Gasteiger partial charge in [-0.15, -0.1) is 0 Å². The molecule has 1 amide bonds. The topological polar surface area (TPSA) is 99.1 Å². The van der Waals surface area contributed by atoms with Gasteiger partial charge in [0.05, 0.1) is 18.2 Å². The molecule has 8 heteroatoms. The highest BCUT2D eigenvalue weighted by Crippen LogP contribution is 2.23. The molecular formula is C18H21N3O4S. The van der Waals surface area contributed by atoms with Crippen molar-refractivity contribution in [1.29, 1.82) is 0 Å². The summed E-state index contributed by atoms with van der Waals surface area (Å²) in [5, 5.41) is 13.4. The highest BCUT2D eigenvalue weighted by atomic mass is 32.2. The third-order valence-corrected chi connectivity index (χ3v) is 4.76. The number of aromatic hydroxyl groups is 1. The Balaban J connectivity index is 2.14. The van der Waals surface area contributed by atoms with Crippen LogP contribution in [0.25, 0.3) is 0 Å². The Morgan fingerprint density at radius 3 is 2.54 bits per heavy atom. The lowest BCUT2D eigenvalue weighted by atomic mass is 10.1. The van der Waals surface area contributed by atoms with Crippen LogP contribution >= 0.6 is 0 Å². The molecule has 0 atom stereocenters. The van der Waals surface area contributed by atoms with E-state index in [9.17, 15) is 18.3 Å². The van der Waals surface area contributed by atoms with Gasteiger partial charge in [0.1, 0.15) is 12.3 Å². The van der Waals surface area contributed by atoms with Crippen LogP contribution in [0.4, 0.5) is 5.69 Å². The normalized spacial score (nSPS) is 11.5. The summed E-state index contributed by atoms with van der Waals surface area (Å²) in [4.78, 5) is 12.1. The predicted molar refractivity (Wildman–Crippen MR) is 102 cm³/mol. The molecule has 2 aromatic rings. The van der Waals surface area contributed by atoms with E-state index < -0.39 is 22.5 Å². The zero-order valence-corrected chi connectivity index (χ0v) is 15.6. The van der Waals surface area contributed by atoms with Crippen molar-refractivity contribution < 1.29 is 18.3 Å². The monoisotopic (exact) mass is 375 g/mol. The van der Waals surface area contributed by atoms with E-state index in [0.717, 1.165) is 21.7 Å². The van der Waals surface area contributed by atoms with E-state index in [0.29, 0.717) is 11.3 Å². The predicted octanol–water partition coefficient (Wildman–Crippen LogP) is 1.93. The number of rotatable bonds is 6. The summed E-state index contributed by atoms with van der Waals surface area (Å²) in [7, 11) is -3.65. The SMILES string of the molecule is Cc1ccc(N(CC(=O)N/N=C\c2ccccc2O)S(C)(=O)=O)c(C)c1. The number of amides is 1. The maximum Gasteiger partial charge on any atom is 0.260 e. The van der Waals surface area contributed by atoms with Crippen LogP contribution in [0, 0.1) is 13.8 Å². The summed E-state index contributed by atoms with van der Waals surface area (Å²) in [5.41, 5.74) is 4.90. The number of nitrogens with one attached hydrogen (secondary N) is 1. The van der Waals surface area contributed by atoms with E-state index in [1.807, 2.05) is 13.0 Å². The van der Waals surface area contributed by atoms with Crippen molar-refractivity contribution in [2.24, 2.45) is 5.10 Å². The van der Waals surface area contributed by atoms with E-state index in [1.54, 1.807) is 37.3 Å². The lowest BCUT2D eigenvalue weighted by molar-refractivity contribution is -0.119. The Bertz CT molecular complexity index is 939. The van der Waals surface area contributed by atoms with Crippen molar-refractivity contribution in [1.82, 2.24) is 5.43 Å². The lowest BCUT2D eigenvalue weighted by Crippen LogP contribution is -2.39. The second-order valence-corrected chi connectivity index (χ2v) is 7.82. The fourth-order valence-corrected chi connectivity index (χ4v) is 3.32. The molecule has 0 saturated carbocycles. The van der Waals surface area contributed by atoms with Crippen LogP contribution in [0.15, 0.2) is 47.6 Å². The minimum absolute atomic E-state index is 0.0264. The largest absolute Gasteiger partial charge is 0.507 e. The van der Waals surface area contributed by atoms with Crippen molar-refractivity contribution in [2.45, 2.75) is 13.8 Å². The van der Waals surface area contributed by atoms with Gasteiger partial charge in [-0.05, 0) is 37.6 Å². The summed E-state index contributed by atoms with van der Waals surface area (Å²) in [6.07, 6.45) is 2.33. The molecule has 0 saturated heterocycles. The zero-order valence-electron chi connectivity index (χ0n) is 14.8. The number of nitrogens with zero attached hydrogens (tertiary/aromatic N) is 2. The second-order valence-electron chi connectivity index (χ2n) is 5.91. The molecule has 0 bridgehead atoms. The third-order valence-electron chi connectivity index (χ3n) is 3.64. The van der Waals surface area contributed by atoms with Crippen LogP contribution in [-0.4, -0.2) is 38.4 Å². The number of hydrogen-bond donors (Lipinski definition) is 2. The van der Waals surface area contributed by atoms with Gasteiger partial charge in [0, 0.05) is 5.56 Å². The molecule has 0 aliphatic rings. The Labute approximate surface area is 153 Å². The molecule has 138 valence electrons. The first-order chi connectivity index (χ1) is 12.2. The maximum absolute atomic E-state index is 12.1. The van der Waals surface area contributed by atoms with Crippen LogP contribution in [-0.2, 0) is 14.8 Å². The van der Waals surface area contributed by atoms with E-state index in [-0.39, 0.29) is 5.75 Å². The number of hydrazone groups is 1. The van der Waals surface area contributed by atoms with Gasteiger partial charge in [-0.1, -0.05) is 29.8 Å². The van der Waals surface area contributed by atoms with E-state index in [2.05, 4.69) is 10.5 Å². The molecule has 0 unspecified atom stereocenters. The minimum atomic E-state index is -3.65. The highest BCUT2D eigenvalue weighted by molar-refractivity contribution is 7.92. The average Bonchev–Trinajstić information content (AvgIpc) is 2.54. The number of hydrogen-bond acceptors (Lipinski definition) is 5. The first kappa shape index (κ1) is 19.5. The zero-order chi connectivity index (χ0) is 19.3. The summed E-state index contributed by atoms with van der Waals surface area (Å²) in [6, 6.07) is 11.8. The first-order valence-corrected chi connectivity index (χ1v) is 9.68. The molecule has 0 fully saturated rings. The van der Waals surface area contributed by atoms with Crippen LogP contribution in [0.2, 0.25) is 0 Å². The van der Waals surface area contributed by atoms with Gasteiger partial charge < -0.3 is 5.11 Å². The number of carbonyl (C=O) groups excluding carboxylic acids is 1. The highest BCUT2D eigenvalue weighted by Gasteiger charge is 2.22. The molecule has 0 aliphatic heterocycles. The number of para-hydroxylation sites is 1. The second kappa shape index (κ2) is 8.01. The molecule has 7 nitrogen and oxygen atoms in total. The Morgan fingerprint density at radius 1 is 1.23 bits per heavy atom. The number of phenols is 1. The fraction of sp³-hybridized carbons (Fsp3) is 0.222. The molecule has 26 heavy (non-hydrogen) atoms. The number of carbonyl (C=O) groups is 1. The van der Waals surface area contributed by atoms with Crippen LogP contribution < -0.4 is 9.73 Å². The minimum Gasteiger partial charge on any atom is -0.507 e. The molecule has 2 aromatic carbocycles. The van der Waals surface area contributed by atoms with Gasteiger partial charge >= 0.3 is 0 Å². The van der Waals surface area contributed by atoms with E-state index in [1.165, 1.54) is 12.3 Å². The molecule has 2 N–H and O–H groups in total. The Hall–Kier alpha value is -2.87. The van der Waals surface area contributed by atoms with Crippen LogP contribution in [0.5, 0.6) is 5.75 Å². The van der Waals surface area contributed by atoms with Crippen molar-refractivity contribution in [3.8, 4) is 5.75 Å². The molecule has 0 spiro atoms. The molecule has 0 aliphatic carbocycles. The molecular weight excluding hydrogens is 354 g/mol. The molecule has 0 aromatic heterocycles. The van der Waals surface area contributed by atoms with Crippen molar-refractivity contribution in [3.63, 3.8) is 0 Å². The summed E-state index contributed by atoms with van der Waals surface area (Å²) < 4.78 is 25.3. The average molecular weight is 375 g/mol. The van der Waals surface area contributed by atoms with Gasteiger partial charge in [-0.2, -0.15) is 5.10 Å². The first-order valence-electron chi connectivity index (χ1n) is 7.83. The van der Waals surface area contributed by atoms with Crippen LogP contribution in [0.1, 0.15) is 16.7 Å². The van der Waals surface area contributed by atoms with Gasteiger partial charge in [0.25, 0.3) is 5.91 Å². The van der Waals surface area contributed by atoms with E-state index >= 15 is 0 Å². The summed E-state index contributed by atoms with van der Waals surface area (Å²) >= 11 is 0. The van der Waals surface area contributed by atoms with Gasteiger partial charge in [-0.25, -0.2) is 13.8 Å². The van der Waals surface area contributed by atoms with Crippen molar-refractivity contribution in [3.05, 3.63) is 59.2 Å². The smallest absolute Gasteiger partial charge is 0.260 e. The number of phenolic OH excluding ortho intramolecular Hbond substituents is 1. The number of sulfonamides is 1. The van der Waals surface area contributed by atoms with Crippen LogP contribution in [0.3, 0.4) is 0 Å². The third kappa shape index (κ3) is 5.06. The molecule has 0 heterocycles. The van der Waals surface area contributed by atoms with Gasteiger partial charge in [-0.3, -0.25) is 9.10 Å². The number of benzene rings is 2. The standard InChI is InChI=1S/C18H21N3O4S/c1-13-8-9-16(14(2)10-13)21(26(3,24)25)12-18(23)20-19-11-15-6-4-5-7-17(15)22/h4-11,22H,12H2,1-3H3,(H,20,23)/b19-11-. The van der Waals surface area contributed by atoms with Gasteiger partial charge in [0.2, 0.25) is 10.0 Å².